The van der Waals surface area contributed by atoms with Crippen molar-refractivity contribution in [3.05, 3.63) is 35.9 Å². The number of carbonyl (C=O) groups excluding carboxylic acids is 1. The molecule has 0 saturated carbocycles. The molecule has 0 heterocycles. The van der Waals surface area contributed by atoms with Crippen LogP contribution >= 0.6 is 0 Å². The van der Waals surface area contributed by atoms with Gasteiger partial charge in [0.15, 0.2) is 0 Å². The molecule has 0 saturated heterocycles. The second kappa shape index (κ2) is 8.42. The number of carbonyl (C=O) groups is 2. The highest BCUT2D eigenvalue weighted by Crippen LogP contribution is 2.07. The van der Waals surface area contributed by atoms with Crippen LogP contribution in [0.25, 0.3) is 0 Å². The van der Waals surface area contributed by atoms with Crippen molar-refractivity contribution in [1.29, 1.82) is 0 Å². The minimum Gasteiger partial charge on any atom is -0.480 e. The van der Waals surface area contributed by atoms with Crippen LogP contribution in [0, 0.1) is 5.92 Å². The Bertz CT molecular complexity index is 460. The first-order valence-corrected chi connectivity index (χ1v) is 7.22. The average molecular weight is 292 g/mol. The SMILES string of the molecule is CC(C)C[C@H](NC(=O)[C@@H](N)CCc1ccccc1)C(=O)O. The predicted molar refractivity (Wildman–Crippen MR) is 81.8 cm³/mol. The molecule has 5 heteroatoms. The van der Waals surface area contributed by atoms with Gasteiger partial charge in [0, 0.05) is 0 Å². The van der Waals surface area contributed by atoms with Gasteiger partial charge in [-0.25, -0.2) is 4.79 Å². The molecule has 0 bridgehead atoms. The van der Waals surface area contributed by atoms with Gasteiger partial charge in [-0.15, -0.1) is 0 Å². The van der Waals surface area contributed by atoms with Crippen LogP contribution in [-0.2, 0) is 16.0 Å². The van der Waals surface area contributed by atoms with Crippen molar-refractivity contribution in [2.24, 2.45) is 11.7 Å². The van der Waals surface area contributed by atoms with E-state index >= 15 is 0 Å². The van der Waals surface area contributed by atoms with E-state index in [4.69, 9.17) is 10.8 Å². The number of nitrogens with two attached hydrogens (primary N) is 1. The number of hydrogen-bond donors (Lipinski definition) is 3. The van der Waals surface area contributed by atoms with Gasteiger partial charge < -0.3 is 16.2 Å². The third kappa shape index (κ3) is 6.40. The zero-order valence-corrected chi connectivity index (χ0v) is 12.6. The zero-order valence-electron chi connectivity index (χ0n) is 12.6. The normalized spacial score (nSPS) is 13.7. The summed E-state index contributed by atoms with van der Waals surface area (Å²) >= 11 is 0. The molecule has 0 radical (unpaired) electrons. The van der Waals surface area contributed by atoms with E-state index in [0.29, 0.717) is 19.3 Å². The fraction of sp³-hybridized carbons (Fsp3) is 0.500. The highest BCUT2D eigenvalue weighted by Gasteiger charge is 2.23. The van der Waals surface area contributed by atoms with Crippen molar-refractivity contribution < 1.29 is 14.7 Å². The molecule has 1 amide bonds. The Hall–Kier alpha value is -1.88. The number of hydrogen-bond acceptors (Lipinski definition) is 3. The number of benzene rings is 1. The van der Waals surface area contributed by atoms with Crippen molar-refractivity contribution in [3.8, 4) is 0 Å². The minimum atomic E-state index is -1.02. The van der Waals surface area contributed by atoms with Crippen molar-refractivity contribution in [2.45, 2.75) is 45.2 Å². The van der Waals surface area contributed by atoms with Gasteiger partial charge in [-0.05, 0) is 30.7 Å². The standard InChI is InChI=1S/C16H24N2O3/c1-11(2)10-14(16(20)21)18-15(19)13(17)9-8-12-6-4-3-5-7-12/h3-7,11,13-14H,8-10,17H2,1-2H3,(H,18,19)(H,20,21)/t13-,14-/m0/s1. The summed E-state index contributed by atoms with van der Waals surface area (Å²) in [6.07, 6.45) is 1.58. The number of aryl methyl sites for hydroxylation is 1. The Kier molecular flexibility index (Phi) is 6.88. The molecule has 0 aliphatic heterocycles. The molecule has 21 heavy (non-hydrogen) atoms. The lowest BCUT2D eigenvalue weighted by atomic mass is 10.0. The topological polar surface area (TPSA) is 92.4 Å². The first kappa shape index (κ1) is 17.2. The lowest BCUT2D eigenvalue weighted by molar-refractivity contribution is -0.142. The van der Waals surface area contributed by atoms with Crippen LogP contribution in [0.3, 0.4) is 0 Å². The monoisotopic (exact) mass is 292 g/mol. The molecule has 0 spiro atoms. The minimum absolute atomic E-state index is 0.187. The third-order valence-electron chi connectivity index (χ3n) is 3.25. The molecule has 1 aromatic rings. The van der Waals surface area contributed by atoms with Crippen molar-refractivity contribution >= 4 is 11.9 Å². The maximum absolute atomic E-state index is 12.0. The van der Waals surface area contributed by atoms with E-state index < -0.39 is 24.0 Å². The first-order chi connectivity index (χ1) is 9.90. The molecule has 0 aliphatic carbocycles. The maximum atomic E-state index is 12.0. The van der Waals surface area contributed by atoms with Crippen LogP contribution < -0.4 is 11.1 Å². The summed E-state index contributed by atoms with van der Waals surface area (Å²) in [5, 5.41) is 11.6. The number of aliphatic carboxylic acids is 1. The second-order valence-corrected chi connectivity index (χ2v) is 5.66. The van der Waals surface area contributed by atoms with Crippen molar-refractivity contribution in [3.63, 3.8) is 0 Å². The molecule has 1 aromatic carbocycles. The lowest BCUT2D eigenvalue weighted by Crippen LogP contribution is -2.49. The van der Waals surface area contributed by atoms with Crippen LogP contribution in [0.4, 0.5) is 0 Å². The predicted octanol–water partition coefficient (Wildman–Crippen LogP) is 1.56. The molecular weight excluding hydrogens is 268 g/mol. The molecule has 0 unspecified atom stereocenters. The van der Waals surface area contributed by atoms with Gasteiger partial charge in [0.05, 0.1) is 6.04 Å². The Morgan fingerprint density at radius 1 is 1.24 bits per heavy atom. The van der Waals surface area contributed by atoms with Crippen LogP contribution in [0.1, 0.15) is 32.3 Å². The number of nitrogens with one attached hydrogen (secondary N) is 1. The molecule has 4 N–H and O–H groups in total. The average Bonchev–Trinajstić information content (AvgIpc) is 2.44. The van der Waals surface area contributed by atoms with Crippen LogP contribution in [-0.4, -0.2) is 29.1 Å². The Morgan fingerprint density at radius 2 is 1.86 bits per heavy atom. The van der Waals surface area contributed by atoms with E-state index in [1.807, 2.05) is 44.2 Å². The van der Waals surface area contributed by atoms with Crippen molar-refractivity contribution in [2.75, 3.05) is 0 Å². The van der Waals surface area contributed by atoms with Gasteiger partial charge in [0.2, 0.25) is 5.91 Å². The van der Waals surface area contributed by atoms with Crippen LogP contribution in [0.15, 0.2) is 30.3 Å². The van der Waals surface area contributed by atoms with E-state index in [0.717, 1.165) is 5.56 Å². The highest BCUT2D eigenvalue weighted by atomic mass is 16.4. The van der Waals surface area contributed by atoms with E-state index in [2.05, 4.69) is 5.32 Å². The van der Waals surface area contributed by atoms with E-state index in [-0.39, 0.29) is 5.92 Å². The second-order valence-electron chi connectivity index (χ2n) is 5.66. The van der Waals surface area contributed by atoms with Gasteiger partial charge in [0.1, 0.15) is 6.04 Å². The van der Waals surface area contributed by atoms with Gasteiger partial charge in [-0.2, -0.15) is 0 Å². The molecule has 0 aromatic heterocycles. The van der Waals surface area contributed by atoms with Crippen molar-refractivity contribution in [1.82, 2.24) is 5.32 Å². The summed E-state index contributed by atoms with van der Waals surface area (Å²) in [6, 6.07) is 8.18. The first-order valence-electron chi connectivity index (χ1n) is 7.22. The van der Waals surface area contributed by atoms with Gasteiger partial charge in [-0.3, -0.25) is 4.79 Å². The van der Waals surface area contributed by atoms with Gasteiger partial charge >= 0.3 is 5.97 Å². The number of carboxylic acids is 1. The Labute approximate surface area is 125 Å². The van der Waals surface area contributed by atoms with Gasteiger partial charge in [0.25, 0.3) is 0 Å². The summed E-state index contributed by atoms with van der Waals surface area (Å²) in [7, 11) is 0. The van der Waals surface area contributed by atoms with E-state index in [1.54, 1.807) is 0 Å². The van der Waals surface area contributed by atoms with Crippen LogP contribution in [0.5, 0.6) is 0 Å². The Balaban J connectivity index is 2.47. The van der Waals surface area contributed by atoms with Crippen LogP contribution in [0.2, 0.25) is 0 Å². The summed E-state index contributed by atoms with van der Waals surface area (Å²) in [4.78, 5) is 23.1. The largest absolute Gasteiger partial charge is 0.480 e. The highest BCUT2D eigenvalue weighted by molar-refractivity contribution is 5.86. The fourth-order valence-electron chi connectivity index (χ4n) is 2.07. The lowest BCUT2D eigenvalue weighted by Gasteiger charge is -2.19. The molecule has 0 fully saturated rings. The third-order valence-corrected chi connectivity index (χ3v) is 3.25. The van der Waals surface area contributed by atoms with E-state index in [1.165, 1.54) is 0 Å². The number of rotatable bonds is 8. The molecule has 116 valence electrons. The quantitative estimate of drug-likeness (QED) is 0.678. The fourth-order valence-corrected chi connectivity index (χ4v) is 2.07. The summed E-state index contributed by atoms with van der Waals surface area (Å²) in [6.45, 7) is 3.83. The summed E-state index contributed by atoms with van der Waals surface area (Å²) in [5.41, 5.74) is 6.95. The van der Waals surface area contributed by atoms with Gasteiger partial charge in [-0.1, -0.05) is 44.2 Å². The summed E-state index contributed by atoms with van der Waals surface area (Å²) < 4.78 is 0. The maximum Gasteiger partial charge on any atom is 0.326 e. The summed E-state index contributed by atoms with van der Waals surface area (Å²) in [5.74, 6) is -1.24. The number of amides is 1. The molecule has 2 atom stereocenters. The Morgan fingerprint density at radius 3 is 2.38 bits per heavy atom. The smallest absolute Gasteiger partial charge is 0.326 e. The van der Waals surface area contributed by atoms with E-state index in [9.17, 15) is 9.59 Å². The molecule has 0 aliphatic rings. The molecule has 1 rings (SSSR count). The molecular formula is C16H24N2O3. The number of carboxylic acid groups (broad SMARTS) is 1. The molecule has 5 nitrogen and oxygen atoms in total. The zero-order chi connectivity index (χ0) is 15.8.